The van der Waals surface area contributed by atoms with Crippen molar-refractivity contribution in [2.75, 3.05) is 13.7 Å². The van der Waals surface area contributed by atoms with Gasteiger partial charge in [-0.25, -0.2) is 0 Å². The van der Waals surface area contributed by atoms with E-state index >= 15 is 0 Å². The topological polar surface area (TPSA) is 21.3 Å². The molecule has 1 aliphatic rings. The number of methoxy groups -OCH3 is 1. The minimum absolute atomic E-state index is 0.491. The molecule has 1 saturated carbocycles. The van der Waals surface area contributed by atoms with E-state index < -0.39 is 0 Å². The zero-order valence-corrected chi connectivity index (χ0v) is 14.6. The van der Waals surface area contributed by atoms with Crippen molar-refractivity contribution >= 4 is 15.9 Å². The number of hydrogen-bond donors (Lipinski definition) is 1. The first-order valence-electron chi connectivity index (χ1n) is 7.53. The third-order valence-electron chi connectivity index (χ3n) is 4.41. The highest BCUT2D eigenvalue weighted by Crippen LogP contribution is 2.54. The molecule has 2 unspecified atom stereocenters. The molecule has 0 radical (unpaired) electrons. The van der Waals surface area contributed by atoms with Gasteiger partial charge in [-0.15, -0.1) is 0 Å². The van der Waals surface area contributed by atoms with Gasteiger partial charge in [-0.1, -0.05) is 36.7 Å². The number of rotatable bonds is 7. The fourth-order valence-corrected chi connectivity index (χ4v) is 3.43. The fourth-order valence-electron chi connectivity index (χ4n) is 3.02. The molecule has 3 heteroatoms. The minimum Gasteiger partial charge on any atom is -0.496 e. The maximum absolute atomic E-state index is 5.51. The van der Waals surface area contributed by atoms with Crippen LogP contribution in [0.15, 0.2) is 22.7 Å². The number of nitrogens with one attached hydrogen (secondary N) is 1. The summed E-state index contributed by atoms with van der Waals surface area (Å²) >= 11 is 3.57. The SMILES string of the molecule is CCCNC(Cc1cc(Br)ccc1OC)C1CC1(C)C. The van der Waals surface area contributed by atoms with E-state index in [0.29, 0.717) is 11.5 Å². The predicted molar refractivity (Wildman–Crippen MR) is 88.4 cm³/mol. The van der Waals surface area contributed by atoms with Gasteiger partial charge in [0.15, 0.2) is 0 Å². The summed E-state index contributed by atoms with van der Waals surface area (Å²) in [5, 5.41) is 3.74. The summed E-state index contributed by atoms with van der Waals surface area (Å²) in [4.78, 5) is 0. The molecule has 1 aromatic carbocycles. The standard InChI is InChI=1S/C17H26BrNO/c1-5-8-19-15(14-11-17(14,2)3)10-12-9-13(18)6-7-16(12)20-4/h6-7,9,14-15,19H,5,8,10-11H2,1-4H3. The molecule has 1 fully saturated rings. The van der Waals surface area contributed by atoms with Crippen LogP contribution < -0.4 is 10.1 Å². The van der Waals surface area contributed by atoms with E-state index in [-0.39, 0.29) is 0 Å². The first-order valence-corrected chi connectivity index (χ1v) is 8.33. The molecule has 1 N–H and O–H groups in total. The van der Waals surface area contributed by atoms with Gasteiger partial charge >= 0.3 is 0 Å². The number of ether oxygens (including phenoxy) is 1. The Morgan fingerprint density at radius 1 is 1.45 bits per heavy atom. The van der Waals surface area contributed by atoms with Crippen molar-refractivity contribution in [2.24, 2.45) is 11.3 Å². The second kappa shape index (κ2) is 6.48. The van der Waals surface area contributed by atoms with E-state index in [2.05, 4.69) is 48.1 Å². The molecule has 0 heterocycles. The van der Waals surface area contributed by atoms with Gasteiger partial charge in [0, 0.05) is 10.5 Å². The van der Waals surface area contributed by atoms with Gasteiger partial charge in [-0.3, -0.25) is 0 Å². The van der Waals surface area contributed by atoms with Crippen molar-refractivity contribution in [3.8, 4) is 5.75 Å². The fraction of sp³-hybridized carbons (Fsp3) is 0.647. The van der Waals surface area contributed by atoms with E-state index in [1.54, 1.807) is 7.11 Å². The van der Waals surface area contributed by atoms with Crippen LogP contribution in [-0.4, -0.2) is 19.7 Å². The lowest BCUT2D eigenvalue weighted by atomic mass is 9.96. The maximum Gasteiger partial charge on any atom is 0.122 e. The molecule has 1 aromatic rings. The normalized spacial score (nSPS) is 21.6. The van der Waals surface area contributed by atoms with Crippen LogP contribution in [0.5, 0.6) is 5.75 Å². The summed E-state index contributed by atoms with van der Waals surface area (Å²) in [5.41, 5.74) is 1.78. The molecule has 0 aromatic heterocycles. The molecule has 2 atom stereocenters. The van der Waals surface area contributed by atoms with E-state index in [0.717, 1.165) is 29.1 Å². The molecule has 0 bridgehead atoms. The molecule has 0 saturated heterocycles. The van der Waals surface area contributed by atoms with Crippen LogP contribution in [0.25, 0.3) is 0 Å². The summed E-state index contributed by atoms with van der Waals surface area (Å²) in [6.07, 6.45) is 3.54. The van der Waals surface area contributed by atoms with Crippen molar-refractivity contribution in [3.63, 3.8) is 0 Å². The maximum atomic E-state index is 5.51. The van der Waals surface area contributed by atoms with Crippen LogP contribution in [0.3, 0.4) is 0 Å². The highest BCUT2D eigenvalue weighted by Gasteiger charge is 2.49. The Morgan fingerprint density at radius 3 is 2.70 bits per heavy atom. The minimum atomic E-state index is 0.491. The van der Waals surface area contributed by atoms with Crippen molar-refractivity contribution < 1.29 is 4.74 Å². The van der Waals surface area contributed by atoms with Crippen LogP contribution >= 0.6 is 15.9 Å². The van der Waals surface area contributed by atoms with E-state index in [1.165, 1.54) is 18.4 Å². The Labute approximate surface area is 131 Å². The zero-order chi connectivity index (χ0) is 14.8. The molecule has 0 spiro atoms. The lowest BCUT2D eigenvalue weighted by Crippen LogP contribution is -2.35. The Bertz CT molecular complexity index is 458. The van der Waals surface area contributed by atoms with E-state index in [9.17, 15) is 0 Å². The van der Waals surface area contributed by atoms with Crippen LogP contribution in [0.4, 0.5) is 0 Å². The van der Waals surface area contributed by atoms with Gasteiger partial charge in [-0.05, 0) is 60.9 Å². The van der Waals surface area contributed by atoms with Gasteiger partial charge in [-0.2, -0.15) is 0 Å². The molecule has 0 aliphatic heterocycles. The average Bonchev–Trinajstić information content (AvgIpc) is 3.03. The molecule has 0 amide bonds. The van der Waals surface area contributed by atoms with E-state index in [1.807, 2.05) is 12.1 Å². The first-order chi connectivity index (χ1) is 9.47. The second-order valence-corrected chi connectivity index (χ2v) is 7.44. The highest BCUT2D eigenvalue weighted by atomic mass is 79.9. The molecule has 2 nitrogen and oxygen atoms in total. The van der Waals surface area contributed by atoms with Crippen molar-refractivity contribution in [2.45, 2.75) is 46.1 Å². The number of benzene rings is 1. The summed E-state index contributed by atoms with van der Waals surface area (Å²) in [5.74, 6) is 1.77. The third kappa shape index (κ3) is 3.76. The third-order valence-corrected chi connectivity index (χ3v) is 4.91. The largest absolute Gasteiger partial charge is 0.496 e. The summed E-state index contributed by atoms with van der Waals surface area (Å²) in [7, 11) is 1.75. The Hall–Kier alpha value is -0.540. The molecule has 2 rings (SSSR count). The highest BCUT2D eigenvalue weighted by molar-refractivity contribution is 9.10. The lowest BCUT2D eigenvalue weighted by molar-refractivity contribution is 0.383. The molecule has 1 aliphatic carbocycles. The zero-order valence-electron chi connectivity index (χ0n) is 13.0. The summed E-state index contributed by atoms with van der Waals surface area (Å²) < 4.78 is 6.63. The Kier molecular flexibility index (Phi) is 5.14. The van der Waals surface area contributed by atoms with Gasteiger partial charge < -0.3 is 10.1 Å². The first kappa shape index (κ1) is 15.8. The van der Waals surface area contributed by atoms with Gasteiger partial charge in [0.05, 0.1) is 7.11 Å². The second-order valence-electron chi connectivity index (χ2n) is 6.52. The average molecular weight is 340 g/mol. The van der Waals surface area contributed by atoms with E-state index in [4.69, 9.17) is 4.74 Å². The quantitative estimate of drug-likeness (QED) is 0.794. The van der Waals surface area contributed by atoms with Crippen LogP contribution in [0.1, 0.15) is 39.2 Å². The molecule has 112 valence electrons. The predicted octanol–water partition coefficient (Wildman–Crippen LogP) is 4.41. The van der Waals surface area contributed by atoms with Crippen LogP contribution in [0.2, 0.25) is 0 Å². The lowest BCUT2D eigenvalue weighted by Gasteiger charge is -2.21. The van der Waals surface area contributed by atoms with Gasteiger partial charge in [0.25, 0.3) is 0 Å². The van der Waals surface area contributed by atoms with Crippen molar-refractivity contribution in [1.82, 2.24) is 5.32 Å². The molecule has 20 heavy (non-hydrogen) atoms. The van der Waals surface area contributed by atoms with Crippen molar-refractivity contribution in [3.05, 3.63) is 28.2 Å². The summed E-state index contributed by atoms with van der Waals surface area (Å²) in [6, 6.07) is 6.83. The Morgan fingerprint density at radius 2 is 2.15 bits per heavy atom. The van der Waals surface area contributed by atoms with Crippen LogP contribution in [0, 0.1) is 11.3 Å². The van der Waals surface area contributed by atoms with Gasteiger partial charge in [0.2, 0.25) is 0 Å². The molecular formula is C17H26BrNO. The number of hydrogen-bond acceptors (Lipinski definition) is 2. The number of halogens is 1. The van der Waals surface area contributed by atoms with Crippen molar-refractivity contribution in [1.29, 1.82) is 0 Å². The smallest absolute Gasteiger partial charge is 0.122 e. The summed E-state index contributed by atoms with van der Waals surface area (Å²) in [6.45, 7) is 8.06. The monoisotopic (exact) mass is 339 g/mol. The van der Waals surface area contributed by atoms with Crippen LogP contribution in [-0.2, 0) is 6.42 Å². The Balaban J connectivity index is 2.13. The van der Waals surface area contributed by atoms with Gasteiger partial charge in [0.1, 0.15) is 5.75 Å². The molecular weight excluding hydrogens is 314 g/mol.